The lowest BCUT2D eigenvalue weighted by atomic mass is 10.00. The minimum absolute atomic E-state index is 0.0592. The largest absolute Gasteiger partial charge is 0.355 e. The van der Waals surface area contributed by atoms with E-state index in [2.05, 4.69) is 38.2 Å². The minimum Gasteiger partial charge on any atom is -0.355 e. The molecule has 2 heterocycles. The van der Waals surface area contributed by atoms with Crippen LogP contribution in [0.2, 0.25) is 0 Å². The van der Waals surface area contributed by atoms with Crippen LogP contribution in [0, 0.1) is 0 Å². The first-order valence-electron chi connectivity index (χ1n) is 7.72. The quantitative estimate of drug-likeness (QED) is 0.926. The van der Waals surface area contributed by atoms with E-state index in [4.69, 9.17) is 0 Å². The van der Waals surface area contributed by atoms with Crippen LogP contribution in [0.15, 0.2) is 42.9 Å². The van der Waals surface area contributed by atoms with E-state index in [0.717, 1.165) is 31.0 Å². The Balaban J connectivity index is 1.84. The number of carbonyl (C=O) groups excluding carboxylic acids is 1. The van der Waals surface area contributed by atoms with Crippen LogP contribution in [0.25, 0.3) is 0 Å². The average molecular weight is 311 g/mol. The van der Waals surface area contributed by atoms with Crippen molar-refractivity contribution in [2.45, 2.75) is 6.04 Å². The topological polar surface area (TPSA) is 61.4 Å². The van der Waals surface area contributed by atoms with Crippen molar-refractivity contribution in [1.29, 1.82) is 0 Å². The van der Waals surface area contributed by atoms with E-state index in [1.807, 2.05) is 18.2 Å². The molecule has 1 fully saturated rings. The van der Waals surface area contributed by atoms with Gasteiger partial charge in [0.2, 0.25) is 0 Å². The third kappa shape index (κ3) is 3.32. The standard InChI is InChI=1S/C17H21N5O/c1-18-17(23)14-5-3-4-13(10-14)15-12-22(9-8-21(15)2)16-11-19-6-7-20-16/h3-7,10-11,15H,8-9,12H2,1-2H3,(H,18,23). The van der Waals surface area contributed by atoms with E-state index < -0.39 is 0 Å². The molecule has 1 N–H and O–H groups in total. The molecule has 23 heavy (non-hydrogen) atoms. The first-order chi connectivity index (χ1) is 11.2. The Kier molecular flexibility index (Phi) is 4.52. The molecule has 1 aromatic heterocycles. The van der Waals surface area contributed by atoms with Crippen molar-refractivity contribution >= 4 is 11.7 Å². The number of amides is 1. The van der Waals surface area contributed by atoms with Crippen LogP contribution in [0.1, 0.15) is 22.0 Å². The zero-order valence-electron chi connectivity index (χ0n) is 13.4. The van der Waals surface area contributed by atoms with Gasteiger partial charge in [0.05, 0.1) is 12.2 Å². The molecule has 1 saturated heterocycles. The number of anilines is 1. The third-order valence-corrected chi connectivity index (χ3v) is 4.28. The lowest BCUT2D eigenvalue weighted by molar-refractivity contribution is 0.0962. The molecule has 6 nitrogen and oxygen atoms in total. The molecule has 2 aromatic rings. The Morgan fingerprint density at radius 1 is 1.30 bits per heavy atom. The molecule has 1 aliphatic rings. The fraction of sp³-hybridized carbons (Fsp3) is 0.353. The fourth-order valence-electron chi connectivity index (χ4n) is 2.93. The number of aromatic nitrogens is 2. The van der Waals surface area contributed by atoms with Crippen LogP contribution in [0.3, 0.4) is 0 Å². The van der Waals surface area contributed by atoms with Crippen LogP contribution in [0.4, 0.5) is 5.82 Å². The molecule has 1 unspecified atom stereocenters. The van der Waals surface area contributed by atoms with E-state index in [9.17, 15) is 4.79 Å². The molecule has 0 radical (unpaired) electrons. The van der Waals surface area contributed by atoms with Crippen molar-refractivity contribution in [2.75, 3.05) is 38.6 Å². The van der Waals surface area contributed by atoms with Crippen LogP contribution >= 0.6 is 0 Å². The highest BCUT2D eigenvalue weighted by atomic mass is 16.1. The Labute approximate surface area is 136 Å². The van der Waals surface area contributed by atoms with Crippen molar-refractivity contribution in [2.24, 2.45) is 0 Å². The zero-order valence-corrected chi connectivity index (χ0v) is 13.4. The number of hydrogen-bond acceptors (Lipinski definition) is 5. The minimum atomic E-state index is -0.0592. The molecular weight excluding hydrogens is 290 g/mol. The molecule has 3 rings (SSSR count). The Hall–Kier alpha value is -2.47. The third-order valence-electron chi connectivity index (χ3n) is 4.28. The number of nitrogens with one attached hydrogen (secondary N) is 1. The molecule has 0 bridgehead atoms. The normalized spacial score (nSPS) is 18.7. The predicted molar refractivity (Wildman–Crippen MR) is 89.4 cm³/mol. The van der Waals surface area contributed by atoms with E-state index in [1.165, 1.54) is 0 Å². The Morgan fingerprint density at radius 3 is 2.91 bits per heavy atom. The monoisotopic (exact) mass is 311 g/mol. The molecule has 1 aromatic carbocycles. The summed E-state index contributed by atoms with van der Waals surface area (Å²) in [6.45, 7) is 2.68. The summed E-state index contributed by atoms with van der Waals surface area (Å²) in [6.07, 6.45) is 5.20. The van der Waals surface area contributed by atoms with Gasteiger partial charge >= 0.3 is 0 Å². The molecule has 0 saturated carbocycles. The molecule has 1 amide bonds. The van der Waals surface area contributed by atoms with Crippen LogP contribution in [-0.2, 0) is 0 Å². The first kappa shape index (κ1) is 15.4. The van der Waals surface area contributed by atoms with Gasteiger partial charge < -0.3 is 10.2 Å². The van der Waals surface area contributed by atoms with Gasteiger partial charge in [0.25, 0.3) is 5.91 Å². The molecule has 0 spiro atoms. The van der Waals surface area contributed by atoms with E-state index in [1.54, 1.807) is 25.6 Å². The second-order valence-corrected chi connectivity index (χ2v) is 5.71. The van der Waals surface area contributed by atoms with Crippen molar-refractivity contribution in [3.8, 4) is 0 Å². The lowest BCUT2D eigenvalue weighted by Gasteiger charge is -2.40. The van der Waals surface area contributed by atoms with Gasteiger partial charge in [-0.3, -0.25) is 14.7 Å². The highest BCUT2D eigenvalue weighted by Gasteiger charge is 2.26. The number of carbonyl (C=O) groups is 1. The summed E-state index contributed by atoms with van der Waals surface area (Å²) in [5, 5.41) is 2.68. The van der Waals surface area contributed by atoms with E-state index >= 15 is 0 Å². The van der Waals surface area contributed by atoms with Gasteiger partial charge in [-0.2, -0.15) is 0 Å². The molecule has 1 aliphatic heterocycles. The summed E-state index contributed by atoms with van der Waals surface area (Å²) >= 11 is 0. The molecule has 0 aliphatic carbocycles. The van der Waals surface area contributed by atoms with Gasteiger partial charge in [-0.1, -0.05) is 12.1 Å². The molecule has 1 atom stereocenters. The maximum atomic E-state index is 11.9. The van der Waals surface area contributed by atoms with Gasteiger partial charge in [-0.05, 0) is 24.7 Å². The second kappa shape index (κ2) is 6.75. The van der Waals surface area contributed by atoms with Gasteiger partial charge in [0.1, 0.15) is 5.82 Å². The summed E-state index contributed by atoms with van der Waals surface area (Å²) in [6, 6.07) is 8.05. The molecular formula is C17H21N5O. The van der Waals surface area contributed by atoms with Gasteiger partial charge in [-0.15, -0.1) is 0 Å². The predicted octanol–water partition coefficient (Wildman–Crippen LogP) is 1.33. The first-order valence-corrected chi connectivity index (χ1v) is 7.72. The van der Waals surface area contributed by atoms with Crippen molar-refractivity contribution in [3.05, 3.63) is 54.0 Å². The summed E-state index contributed by atoms with van der Waals surface area (Å²) in [5.41, 5.74) is 1.83. The highest BCUT2D eigenvalue weighted by Crippen LogP contribution is 2.26. The van der Waals surface area contributed by atoms with E-state index in [-0.39, 0.29) is 11.9 Å². The lowest BCUT2D eigenvalue weighted by Crippen LogP contribution is -2.47. The maximum Gasteiger partial charge on any atom is 0.251 e. The summed E-state index contributed by atoms with van der Waals surface area (Å²) < 4.78 is 0. The fourth-order valence-corrected chi connectivity index (χ4v) is 2.93. The summed E-state index contributed by atoms with van der Waals surface area (Å²) in [4.78, 5) is 25.0. The second-order valence-electron chi connectivity index (χ2n) is 5.71. The summed E-state index contributed by atoms with van der Waals surface area (Å²) in [5.74, 6) is 0.837. The van der Waals surface area contributed by atoms with Crippen LogP contribution in [0.5, 0.6) is 0 Å². The smallest absolute Gasteiger partial charge is 0.251 e. The SMILES string of the molecule is CNC(=O)c1cccc(C2CN(c3cnccn3)CCN2C)c1. The number of nitrogens with zero attached hydrogens (tertiary/aromatic N) is 4. The van der Waals surface area contributed by atoms with Gasteiger partial charge in [-0.25, -0.2) is 4.98 Å². The summed E-state index contributed by atoms with van der Waals surface area (Å²) in [7, 11) is 3.77. The van der Waals surface area contributed by atoms with Crippen molar-refractivity contribution < 1.29 is 4.79 Å². The number of likely N-dealkylation sites (N-methyl/N-ethyl adjacent to an activating group) is 1. The van der Waals surface area contributed by atoms with Gasteiger partial charge in [0.15, 0.2) is 0 Å². The zero-order chi connectivity index (χ0) is 16.2. The van der Waals surface area contributed by atoms with Gasteiger partial charge in [0, 0.05) is 44.6 Å². The number of piperazine rings is 1. The Morgan fingerprint density at radius 2 is 2.17 bits per heavy atom. The number of hydrogen-bond donors (Lipinski definition) is 1. The average Bonchev–Trinajstić information content (AvgIpc) is 2.62. The molecule has 6 heteroatoms. The maximum absolute atomic E-state index is 11.9. The number of benzene rings is 1. The van der Waals surface area contributed by atoms with Crippen molar-refractivity contribution in [1.82, 2.24) is 20.2 Å². The van der Waals surface area contributed by atoms with Crippen molar-refractivity contribution in [3.63, 3.8) is 0 Å². The van der Waals surface area contributed by atoms with E-state index in [0.29, 0.717) is 5.56 Å². The number of rotatable bonds is 3. The highest BCUT2D eigenvalue weighted by molar-refractivity contribution is 5.94. The Bertz CT molecular complexity index is 676. The molecule has 120 valence electrons. The van der Waals surface area contributed by atoms with Crippen LogP contribution in [-0.4, -0.2) is 54.5 Å². The van der Waals surface area contributed by atoms with Crippen LogP contribution < -0.4 is 10.2 Å².